The molecule has 0 bridgehead atoms. The van der Waals surface area contributed by atoms with Gasteiger partial charge in [-0.1, -0.05) is 35.4 Å². The minimum atomic E-state index is 0.753. The number of aldehydes is 1. The van der Waals surface area contributed by atoms with Crippen molar-refractivity contribution in [3.05, 3.63) is 58.1 Å². The molecule has 3 aromatic rings. The second-order valence-corrected chi connectivity index (χ2v) is 5.85. The number of fused-ring (bicyclic) bond motifs is 1. The van der Waals surface area contributed by atoms with Crippen molar-refractivity contribution < 1.29 is 4.79 Å². The zero-order valence-corrected chi connectivity index (χ0v) is 12.9. The maximum absolute atomic E-state index is 11.7. The van der Waals surface area contributed by atoms with Crippen molar-refractivity contribution in [2.24, 2.45) is 0 Å². The molecule has 0 saturated carbocycles. The van der Waals surface area contributed by atoms with Gasteiger partial charge in [0, 0.05) is 22.0 Å². The zero-order chi connectivity index (χ0) is 15.1. The SMILES string of the molecule is Cc1ccc(-c2[nH]c3c(C)cc(C)cc3c2C=O)c(C)c1. The monoisotopic (exact) mass is 277 g/mol. The Hall–Kier alpha value is -2.35. The van der Waals surface area contributed by atoms with E-state index in [9.17, 15) is 4.79 Å². The van der Waals surface area contributed by atoms with Gasteiger partial charge in [0.05, 0.1) is 5.69 Å². The minimum Gasteiger partial charge on any atom is -0.354 e. The van der Waals surface area contributed by atoms with Gasteiger partial charge in [0.25, 0.3) is 0 Å². The molecule has 21 heavy (non-hydrogen) atoms. The third-order valence-corrected chi connectivity index (χ3v) is 4.06. The molecule has 3 rings (SSSR count). The molecule has 0 spiro atoms. The van der Waals surface area contributed by atoms with Crippen molar-refractivity contribution in [3.63, 3.8) is 0 Å². The molecule has 0 radical (unpaired) electrons. The van der Waals surface area contributed by atoms with Crippen molar-refractivity contribution in [3.8, 4) is 11.3 Å². The standard InChI is InChI=1S/C19H19NO/c1-11-5-6-15(13(3)7-11)19-17(10-21)16-9-12(2)8-14(4)18(16)20-19/h5-10,20H,1-4H3. The first-order valence-corrected chi connectivity index (χ1v) is 7.17. The molecule has 0 aliphatic carbocycles. The molecule has 2 heteroatoms. The molecule has 2 nitrogen and oxygen atoms in total. The highest BCUT2D eigenvalue weighted by Crippen LogP contribution is 2.33. The summed E-state index contributed by atoms with van der Waals surface area (Å²) in [5.41, 5.74) is 8.58. The van der Waals surface area contributed by atoms with Crippen LogP contribution in [0, 0.1) is 27.7 Å². The van der Waals surface area contributed by atoms with Crippen LogP contribution in [0.15, 0.2) is 30.3 Å². The summed E-state index contributed by atoms with van der Waals surface area (Å²) in [4.78, 5) is 15.1. The largest absolute Gasteiger partial charge is 0.354 e. The van der Waals surface area contributed by atoms with E-state index in [0.29, 0.717) is 0 Å². The fraction of sp³-hybridized carbons (Fsp3) is 0.211. The molecule has 0 fully saturated rings. The lowest BCUT2D eigenvalue weighted by Crippen LogP contribution is -1.89. The quantitative estimate of drug-likeness (QED) is 0.665. The van der Waals surface area contributed by atoms with E-state index in [2.05, 4.69) is 63.0 Å². The lowest BCUT2D eigenvalue weighted by Gasteiger charge is -2.06. The van der Waals surface area contributed by atoms with Crippen LogP contribution in [0.3, 0.4) is 0 Å². The molecule has 0 unspecified atom stereocenters. The summed E-state index contributed by atoms with van der Waals surface area (Å²) in [7, 11) is 0. The second-order valence-electron chi connectivity index (χ2n) is 5.85. The van der Waals surface area contributed by atoms with E-state index in [0.717, 1.165) is 34.0 Å². The summed E-state index contributed by atoms with van der Waals surface area (Å²) < 4.78 is 0. The van der Waals surface area contributed by atoms with Gasteiger partial charge in [-0.05, 0) is 44.9 Å². The van der Waals surface area contributed by atoms with Crippen molar-refractivity contribution in [2.45, 2.75) is 27.7 Å². The van der Waals surface area contributed by atoms with Gasteiger partial charge < -0.3 is 4.98 Å². The van der Waals surface area contributed by atoms with Crippen LogP contribution in [0.2, 0.25) is 0 Å². The second kappa shape index (κ2) is 4.88. The highest BCUT2D eigenvalue weighted by molar-refractivity contribution is 6.05. The molecule has 0 aliphatic rings. The fourth-order valence-corrected chi connectivity index (χ4v) is 3.10. The topological polar surface area (TPSA) is 32.9 Å². The van der Waals surface area contributed by atoms with Crippen LogP contribution in [-0.2, 0) is 0 Å². The molecule has 2 aromatic carbocycles. The third-order valence-electron chi connectivity index (χ3n) is 4.06. The average molecular weight is 277 g/mol. The van der Waals surface area contributed by atoms with E-state index in [-0.39, 0.29) is 0 Å². The summed E-state index contributed by atoms with van der Waals surface area (Å²) in [6, 6.07) is 10.5. The molecule has 0 aliphatic heterocycles. The van der Waals surface area contributed by atoms with E-state index >= 15 is 0 Å². The number of hydrogen-bond donors (Lipinski definition) is 1. The van der Waals surface area contributed by atoms with Crippen LogP contribution in [0.25, 0.3) is 22.2 Å². The molecule has 1 heterocycles. The highest BCUT2D eigenvalue weighted by atomic mass is 16.1. The van der Waals surface area contributed by atoms with E-state index in [1.165, 1.54) is 22.3 Å². The summed E-state index contributed by atoms with van der Waals surface area (Å²) in [5.74, 6) is 0. The van der Waals surface area contributed by atoms with Gasteiger partial charge in [-0.25, -0.2) is 0 Å². The number of aryl methyl sites for hydroxylation is 4. The van der Waals surface area contributed by atoms with Crippen LogP contribution in [0.4, 0.5) is 0 Å². The maximum Gasteiger partial charge on any atom is 0.152 e. The third kappa shape index (κ3) is 2.17. The number of rotatable bonds is 2. The van der Waals surface area contributed by atoms with Crippen molar-refractivity contribution >= 4 is 17.2 Å². The number of benzene rings is 2. The maximum atomic E-state index is 11.7. The first kappa shape index (κ1) is 13.6. The summed E-state index contributed by atoms with van der Waals surface area (Å²) in [6.07, 6.45) is 0.965. The van der Waals surface area contributed by atoms with Gasteiger partial charge >= 0.3 is 0 Å². The molecule has 1 N–H and O–H groups in total. The molecule has 1 aromatic heterocycles. The highest BCUT2D eigenvalue weighted by Gasteiger charge is 2.15. The van der Waals surface area contributed by atoms with Crippen molar-refractivity contribution in [1.82, 2.24) is 4.98 Å². The number of aromatic nitrogens is 1. The number of H-pyrrole nitrogens is 1. The van der Waals surface area contributed by atoms with E-state index in [4.69, 9.17) is 0 Å². The smallest absolute Gasteiger partial charge is 0.152 e. The van der Waals surface area contributed by atoms with Crippen LogP contribution in [0.1, 0.15) is 32.6 Å². The van der Waals surface area contributed by atoms with Gasteiger partial charge in [-0.15, -0.1) is 0 Å². The Labute approximate surface area is 124 Å². The Morgan fingerprint density at radius 3 is 2.29 bits per heavy atom. The molecular weight excluding hydrogens is 258 g/mol. The number of hydrogen-bond acceptors (Lipinski definition) is 1. The lowest BCUT2D eigenvalue weighted by atomic mass is 9.99. The molecule has 106 valence electrons. The molecule has 0 amide bonds. The Morgan fingerprint density at radius 1 is 0.905 bits per heavy atom. The first-order chi connectivity index (χ1) is 10.0. The van der Waals surface area contributed by atoms with Gasteiger partial charge in [-0.2, -0.15) is 0 Å². The normalized spacial score (nSPS) is 11.0. The fourth-order valence-electron chi connectivity index (χ4n) is 3.10. The molecular formula is C19H19NO. The van der Waals surface area contributed by atoms with Crippen LogP contribution in [-0.4, -0.2) is 11.3 Å². The van der Waals surface area contributed by atoms with Crippen LogP contribution < -0.4 is 0 Å². The average Bonchev–Trinajstić information content (AvgIpc) is 2.77. The Bertz CT molecular complexity index is 856. The lowest BCUT2D eigenvalue weighted by molar-refractivity contribution is 0.112. The van der Waals surface area contributed by atoms with E-state index < -0.39 is 0 Å². The number of nitrogens with one attached hydrogen (secondary N) is 1. The molecule has 0 saturated heterocycles. The number of aromatic amines is 1. The van der Waals surface area contributed by atoms with Gasteiger partial charge in [-0.3, -0.25) is 4.79 Å². The number of carbonyl (C=O) groups is 1. The Balaban J connectivity index is 2.37. The van der Waals surface area contributed by atoms with Crippen LogP contribution in [0.5, 0.6) is 0 Å². The zero-order valence-electron chi connectivity index (χ0n) is 12.9. The van der Waals surface area contributed by atoms with E-state index in [1.54, 1.807) is 0 Å². The molecule has 0 atom stereocenters. The predicted octanol–water partition coefficient (Wildman–Crippen LogP) is 4.88. The minimum absolute atomic E-state index is 0.753. The van der Waals surface area contributed by atoms with Gasteiger partial charge in [0.2, 0.25) is 0 Å². The van der Waals surface area contributed by atoms with Crippen LogP contribution >= 0.6 is 0 Å². The Kier molecular flexibility index (Phi) is 3.17. The summed E-state index contributed by atoms with van der Waals surface area (Å²) in [6.45, 7) is 8.30. The summed E-state index contributed by atoms with van der Waals surface area (Å²) >= 11 is 0. The Morgan fingerprint density at radius 2 is 1.62 bits per heavy atom. The summed E-state index contributed by atoms with van der Waals surface area (Å²) in [5, 5.41) is 1.01. The number of carbonyl (C=O) groups excluding carboxylic acids is 1. The van der Waals surface area contributed by atoms with Crippen molar-refractivity contribution in [2.75, 3.05) is 0 Å². The first-order valence-electron chi connectivity index (χ1n) is 7.17. The predicted molar refractivity (Wildman–Crippen MR) is 88.1 cm³/mol. The van der Waals surface area contributed by atoms with Gasteiger partial charge in [0.1, 0.15) is 0 Å². The van der Waals surface area contributed by atoms with E-state index in [1.807, 2.05) is 0 Å². The van der Waals surface area contributed by atoms with Gasteiger partial charge in [0.15, 0.2) is 6.29 Å². The van der Waals surface area contributed by atoms with Crippen molar-refractivity contribution in [1.29, 1.82) is 0 Å².